The number of rotatable bonds is 4. The average molecular weight is 286 g/mol. The van der Waals surface area contributed by atoms with Crippen LogP contribution in [0.5, 0.6) is 0 Å². The smallest absolute Gasteiger partial charge is 0.0449 e. The quantitative estimate of drug-likeness (QED) is 0.927. The predicted octanol–water partition coefficient (Wildman–Crippen LogP) is 3.33. The highest BCUT2D eigenvalue weighted by Gasteiger charge is 2.24. The Kier molecular flexibility index (Phi) is 4.51. The van der Waals surface area contributed by atoms with Gasteiger partial charge in [0.2, 0.25) is 0 Å². The van der Waals surface area contributed by atoms with Crippen LogP contribution in [-0.4, -0.2) is 30.6 Å². The lowest BCUT2D eigenvalue weighted by Gasteiger charge is -2.37. The van der Waals surface area contributed by atoms with Crippen LogP contribution in [-0.2, 0) is 6.42 Å². The topological polar surface area (TPSA) is 15.3 Å². The number of nitrogens with zero attached hydrogens (tertiary/aromatic N) is 1. The minimum atomic E-state index is 0.468. The Morgan fingerprint density at radius 2 is 2.10 bits per heavy atom. The van der Waals surface area contributed by atoms with E-state index in [0.29, 0.717) is 12.1 Å². The molecule has 1 aliphatic rings. The van der Waals surface area contributed by atoms with Crippen LogP contribution in [0.15, 0.2) is 47.8 Å². The molecular weight excluding hydrogens is 264 g/mol. The molecule has 0 amide bonds. The fraction of sp³-hybridized carbons (Fsp3) is 0.412. The van der Waals surface area contributed by atoms with Crippen LogP contribution in [0.25, 0.3) is 0 Å². The van der Waals surface area contributed by atoms with Gasteiger partial charge in [0.15, 0.2) is 0 Å². The van der Waals surface area contributed by atoms with Gasteiger partial charge in [-0.1, -0.05) is 36.4 Å². The van der Waals surface area contributed by atoms with Crippen LogP contribution < -0.4 is 5.32 Å². The molecule has 1 aliphatic heterocycles. The number of thiophene rings is 1. The molecule has 20 heavy (non-hydrogen) atoms. The van der Waals surface area contributed by atoms with Crippen molar-refractivity contribution in [1.29, 1.82) is 0 Å². The molecule has 1 N–H and O–H groups in total. The molecule has 2 nitrogen and oxygen atoms in total. The second kappa shape index (κ2) is 6.53. The Morgan fingerprint density at radius 3 is 2.85 bits per heavy atom. The van der Waals surface area contributed by atoms with Crippen molar-refractivity contribution < 1.29 is 0 Å². The Balaban J connectivity index is 1.63. The van der Waals surface area contributed by atoms with E-state index in [0.717, 1.165) is 19.6 Å². The Hall–Kier alpha value is -1.16. The third-order valence-electron chi connectivity index (χ3n) is 4.11. The summed E-state index contributed by atoms with van der Waals surface area (Å²) in [6.07, 6.45) is 1.17. The first-order valence-electron chi connectivity index (χ1n) is 7.37. The summed E-state index contributed by atoms with van der Waals surface area (Å²) >= 11 is 1.87. The molecule has 3 rings (SSSR count). The molecule has 0 saturated carbocycles. The molecule has 1 saturated heterocycles. The molecule has 1 aromatic carbocycles. The highest BCUT2D eigenvalue weighted by molar-refractivity contribution is 7.09. The third kappa shape index (κ3) is 3.29. The van der Waals surface area contributed by atoms with E-state index in [1.807, 2.05) is 11.3 Å². The standard InChI is InChI=1S/C17H22N2S/c1-14(12-16-8-5-11-20-16)19-10-9-18-17(13-19)15-6-3-2-4-7-15/h2-8,11,14,17-18H,9-10,12-13H2,1H3. The number of piperazine rings is 1. The molecule has 2 atom stereocenters. The van der Waals surface area contributed by atoms with Crippen LogP contribution in [0.4, 0.5) is 0 Å². The predicted molar refractivity (Wildman–Crippen MR) is 86.2 cm³/mol. The van der Waals surface area contributed by atoms with E-state index < -0.39 is 0 Å². The van der Waals surface area contributed by atoms with Crippen molar-refractivity contribution in [2.24, 2.45) is 0 Å². The van der Waals surface area contributed by atoms with Crippen molar-refractivity contribution >= 4 is 11.3 Å². The van der Waals surface area contributed by atoms with Gasteiger partial charge in [0.25, 0.3) is 0 Å². The molecule has 3 heteroatoms. The maximum Gasteiger partial charge on any atom is 0.0449 e. The van der Waals surface area contributed by atoms with E-state index in [-0.39, 0.29) is 0 Å². The van der Waals surface area contributed by atoms with E-state index in [2.05, 4.69) is 65.0 Å². The molecule has 106 valence electrons. The summed E-state index contributed by atoms with van der Waals surface area (Å²) in [5.41, 5.74) is 1.40. The van der Waals surface area contributed by atoms with E-state index in [1.165, 1.54) is 16.9 Å². The Labute approximate surface area is 125 Å². The molecule has 1 fully saturated rings. The van der Waals surface area contributed by atoms with Gasteiger partial charge < -0.3 is 5.32 Å². The summed E-state index contributed by atoms with van der Waals surface area (Å²) in [6.45, 7) is 5.69. The maximum atomic E-state index is 3.64. The first-order chi connectivity index (χ1) is 9.83. The zero-order valence-corrected chi connectivity index (χ0v) is 12.8. The lowest BCUT2D eigenvalue weighted by Crippen LogP contribution is -2.49. The van der Waals surface area contributed by atoms with E-state index in [1.54, 1.807) is 0 Å². The first-order valence-corrected chi connectivity index (χ1v) is 8.25. The highest BCUT2D eigenvalue weighted by atomic mass is 32.1. The van der Waals surface area contributed by atoms with Crippen molar-refractivity contribution in [3.63, 3.8) is 0 Å². The third-order valence-corrected chi connectivity index (χ3v) is 5.01. The Morgan fingerprint density at radius 1 is 1.25 bits per heavy atom. The molecule has 2 aromatic rings. The summed E-state index contributed by atoms with van der Waals surface area (Å²) < 4.78 is 0. The van der Waals surface area contributed by atoms with Gasteiger partial charge in [0.1, 0.15) is 0 Å². The van der Waals surface area contributed by atoms with Gasteiger partial charge in [0.05, 0.1) is 0 Å². The van der Waals surface area contributed by atoms with E-state index in [4.69, 9.17) is 0 Å². The second-order valence-electron chi connectivity index (χ2n) is 5.54. The van der Waals surface area contributed by atoms with Crippen LogP contribution in [0.3, 0.4) is 0 Å². The van der Waals surface area contributed by atoms with E-state index in [9.17, 15) is 0 Å². The van der Waals surface area contributed by atoms with Crippen molar-refractivity contribution in [1.82, 2.24) is 10.2 Å². The monoisotopic (exact) mass is 286 g/mol. The zero-order valence-electron chi connectivity index (χ0n) is 12.0. The van der Waals surface area contributed by atoms with Crippen LogP contribution >= 0.6 is 11.3 Å². The minimum Gasteiger partial charge on any atom is -0.308 e. The Bertz CT molecular complexity index is 509. The molecule has 0 spiro atoms. The van der Waals surface area contributed by atoms with Crippen LogP contribution in [0.2, 0.25) is 0 Å². The zero-order chi connectivity index (χ0) is 13.8. The molecule has 0 radical (unpaired) electrons. The fourth-order valence-corrected chi connectivity index (χ4v) is 3.76. The molecule has 0 aliphatic carbocycles. The number of nitrogens with one attached hydrogen (secondary N) is 1. The van der Waals surface area contributed by atoms with Crippen molar-refractivity contribution in [2.75, 3.05) is 19.6 Å². The summed E-state index contributed by atoms with van der Waals surface area (Å²) in [5.74, 6) is 0. The van der Waals surface area contributed by atoms with Gasteiger partial charge >= 0.3 is 0 Å². The molecule has 2 heterocycles. The minimum absolute atomic E-state index is 0.468. The summed E-state index contributed by atoms with van der Waals surface area (Å²) in [5, 5.41) is 5.81. The summed E-state index contributed by atoms with van der Waals surface area (Å²) in [4.78, 5) is 4.11. The fourth-order valence-electron chi connectivity index (χ4n) is 2.93. The van der Waals surface area contributed by atoms with Gasteiger partial charge in [0, 0.05) is 36.6 Å². The van der Waals surface area contributed by atoms with Crippen molar-refractivity contribution in [2.45, 2.75) is 25.4 Å². The van der Waals surface area contributed by atoms with Gasteiger partial charge in [-0.2, -0.15) is 0 Å². The number of hydrogen-bond acceptors (Lipinski definition) is 3. The lowest BCUT2D eigenvalue weighted by molar-refractivity contribution is 0.152. The summed E-state index contributed by atoms with van der Waals surface area (Å²) in [6, 6.07) is 16.3. The molecule has 2 unspecified atom stereocenters. The van der Waals surface area contributed by atoms with Gasteiger partial charge in [-0.05, 0) is 30.4 Å². The second-order valence-corrected chi connectivity index (χ2v) is 6.58. The van der Waals surface area contributed by atoms with Crippen LogP contribution in [0.1, 0.15) is 23.4 Å². The summed E-state index contributed by atoms with van der Waals surface area (Å²) in [7, 11) is 0. The molecular formula is C17H22N2S. The molecule has 0 bridgehead atoms. The normalized spacial score (nSPS) is 21.8. The maximum absolute atomic E-state index is 3.64. The number of benzene rings is 1. The van der Waals surface area contributed by atoms with Crippen molar-refractivity contribution in [3.8, 4) is 0 Å². The van der Waals surface area contributed by atoms with Gasteiger partial charge in [-0.25, -0.2) is 0 Å². The average Bonchev–Trinajstić information content (AvgIpc) is 3.01. The van der Waals surface area contributed by atoms with E-state index >= 15 is 0 Å². The molecule has 1 aromatic heterocycles. The van der Waals surface area contributed by atoms with Gasteiger partial charge in [-0.3, -0.25) is 4.90 Å². The van der Waals surface area contributed by atoms with Gasteiger partial charge in [-0.15, -0.1) is 11.3 Å². The number of hydrogen-bond donors (Lipinski definition) is 1. The van der Waals surface area contributed by atoms with Crippen LogP contribution in [0, 0.1) is 0 Å². The first kappa shape index (κ1) is 13.8. The van der Waals surface area contributed by atoms with Crippen molar-refractivity contribution in [3.05, 3.63) is 58.3 Å². The SMILES string of the molecule is CC(Cc1cccs1)N1CCNC(c2ccccc2)C1. The highest BCUT2D eigenvalue weighted by Crippen LogP contribution is 2.21. The largest absolute Gasteiger partial charge is 0.308 e. The lowest BCUT2D eigenvalue weighted by atomic mass is 10.0.